The molecular weight excluding hydrogens is 298 g/mol. The van der Waals surface area contributed by atoms with Crippen LogP contribution in [0.15, 0.2) is 29.3 Å². The van der Waals surface area contributed by atoms with E-state index in [2.05, 4.69) is 11.1 Å². The third-order valence-electron chi connectivity index (χ3n) is 3.60. The molecule has 0 amide bonds. The second-order valence-electron chi connectivity index (χ2n) is 4.95. The smallest absolute Gasteiger partial charge is 0.258 e. The summed E-state index contributed by atoms with van der Waals surface area (Å²) < 4.78 is 0. The lowest BCUT2D eigenvalue weighted by atomic mass is 10.1. The number of rotatable bonds is 4. The lowest BCUT2D eigenvalue weighted by Gasteiger charge is -2.11. The van der Waals surface area contributed by atoms with E-state index in [1.54, 1.807) is 12.1 Å². The fourth-order valence-corrected chi connectivity index (χ4v) is 3.05. The molecule has 0 saturated heterocycles. The lowest BCUT2D eigenvalue weighted by Crippen LogP contribution is -1.99. The van der Waals surface area contributed by atoms with E-state index in [1.807, 2.05) is 20.8 Å². The monoisotopic (exact) mass is 313 g/mol. The van der Waals surface area contributed by atoms with E-state index in [0.717, 1.165) is 22.4 Å². The summed E-state index contributed by atoms with van der Waals surface area (Å²) in [4.78, 5) is 14.7. The quantitative estimate of drug-likeness (QED) is 0.482. The fourth-order valence-electron chi connectivity index (χ4n) is 2.01. The zero-order valence-electron chi connectivity index (χ0n) is 12.6. The number of nitriles is 1. The minimum Gasteiger partial charge on any atom is -0.258 e. The highest BCUT2D eigenvalue weighted by Gasteiger charge is 2.13. The van der Waals surface area contributed by atoms with Crippen LogP contribution in [0.25, 0.3) is 0 Å². The Morgan fingerprint density at radius 1 is 1.23 bits per heavy atom. The number of thioether (sulfide) groups is 1. The number of non-ortho nitro benzene ring substituents is 1. The van der Waals surface area contributed by atoms with Crippen LogP contribution in [0.2, 0.25) is 0 Å². The molecule has 0 radical (unpaired) electrons. The Balaban J connectivity index is 2.22. The number of aryl methyl sites for hydroxylation is 1. The van der Waals surface area contributed by atoms with Crippen LogP contribution in [0.1, 0.15) is 27.9 Å². The zero-order valence-corrected chi connectivity index (χ0v) is 13.4. The maximum absolute atomic E-state index is 10.6. The van der Waals surface area contributed by atoms with Crippen LogP contribution in [-0.2, 0) is 5.75 Å². The number of pyridine rings is 1. The fraction of sp³-hybridized carbons (Fsp3) is 0.250. The first-order valence-corrected chi connectivity index (χ1v) is 7.66. The summed E-state index contributed by atoms with van der Waals surface area (Å²) in [5.74, 6) is 0.613. The number of aromatic nitrogens is 1. The van der Waals surface area contributed by atoms with Crippen molar-refractivity contribution < 1.29 is 4.92 Å². The predicted octanol–water partition coefficient (Wildman–Crippen LogP) is 4.08. The number of benzene rings is 1. The molecule has 2 aromatic rings. The molecule has 1 aromatic heterocycles. The van der Waals surface area contributed by atoms with E-state index in [0.29, 0.717) is 16.3 Å². The molecule has 112 valence electrons. The van der Waals surface area contributed by atoms with Crippen LogP contribution in [0.4, 0.5) is 5.69 Å². The Morgan fingerprint density at radius 3 is 2.41 bits per heavy atom. The van der Waals surface area contributed by atoms with E-state index in [1.165, 1.54) is 23.9 Å². The van der Waals surface area contributed by atoms with Gasteiger partial charge in [-0.3, -0.25) is 10.1 Å². The van der Waals surface area contributed by atoms with Crippen molar-refractivity contribution in [3.05, 3.63) is 62.3 Å². The first kappa shape index (κ1) is 16.0. The third-order valence-corrected chi connectivity index (χ3v) is 4.64. The molecule has 0 atom stereocenters. The highest BCUT2D eigenvalue weighted by atomic mass is 32.2. The minimum atomic E-state index is -0.418. The van der Waals surface area contributed by atoms with Gasteiger partial charge < -0.3 is 0 Å². The molecule has 0 aliphatic carbocycles. The van der Waals surface area contributed by atoms with Crippen molar-refractivity contribution in [3.8, 4) is 6.07 Å². The van der Waals surface area contributed by atoms with Gasteiger partial charge in [-0.25, -0.2) is 4.98 Å². The highest BCUT2D eigenvalue weighted by Crippen LogP contribution is 2.29. The normalized spacial score (nSPS) is 10.3. The third kappa shape index (κ3) is 3.26. The summed E-state index contributed by atoms with van der Waals surface area (Å²) in [5, 5.41) is 20.7. The number of nitro groups is 1. The largest absolute Gasteiger partial charge is 0.269 e. The maximum atomic E-state index is 10.6. The molecule has 6 heteroatoms. The second kappa shape index (κ2) is 6.58. The molecular formula is C16H15N3O2S. The first-order chi connectivity index (χ1) is 10.4. The molecule has 0 aliphatic heterocycles. The van der Waals surface area contributed by atoms with Gasteiger partial charge in [-0.05, 0) is 37.5 Å². The summed E-state index contributed by atoms with van der Waals surface area (Å²) >= 11 is 1.47. The molecule has 1 heterocycles. The second-order valence-corrected chi connectivity index (χ2v) is 5.92. The number of nitro benzene ring substituents is 1. The lowest BCUT2D eigenvalue weighted by molar-refractivity contribution is -0.384. The van der Waals surface area contributed by atoms with Gasteiger partial charge in [0.05, 0.1) is 10.5 Å². The number of nitrogens with zero attached hydrogens (tertiary/aromatic N) is 3. The Bertz CT molecular complexity index is 764. The average molecular weight is 313 g/mol. The molecule has 0 spiro atoms. The van der Waals surface area contributed by atoms with Crippen LogP contribution in [-0.4, -0.2) is 9.91 Å². The SMILES string of the molecule is Cc1nc(SCc2ccc([N+](=O)[O-])cc2)c(C#N)c(C)c1C. The molecule has 2 rings (SSSR count). The molecule has 0 bridgehead atoms. The Hall–Kier alpha value is -2.39. The van der Waals surface area contributed by atoms with Crippen molar-refractivity contribution >= 4 is 17.4 Å². The molecule has 0 unspecified atom stereocenters. The van der Waals surface area contributed by atoms with Crippen LogP contribution in [0.3, 0.4) is 0 Å². The minimum absolute atomic E-state index is 0.0756. The van der Waals surface area contributed by atoms with Gasteiger partial charge >= 0.3 is 0 Å². The van der Waals surface area contributed by atoms with Gasteiger partial charge in [-0.2, -0.15) is 5.26 Å². The van der Waals surface area contributed by atoms with Crippen molar-refractivity contribution in [2.24, 2.45) is 0 Å². The summed E-state index contributed by atoms with van der Waals surface area (Å²) in [6.07, 6.45) is 0. The van der Waals surface area contributed by atoms with Crippen LogP contribution < -0.4 is 0 Å². The molecule has 0 fully saturated rings. The van der Waals surface area contributed by atoms with Gasteiger partial charge in [-0.1, -0.05) is 12.1 Å². The zero-order chi connectivity index (χ0) is 16.3. The standard InChI is InChI=1S/C16H15N3O2S/c1-10-11(2)15(8-17)16(18-12(10)3)22-9-13-4-6-14(7-5-13)19(20)21/h4-7H,9H2,1-3H3. The highest BCUT2D eigenvalue weighted by molar-refractivity contribution is 7.98. The first-order valence-electron chi connectivity index (χ1n) is 6.68. The van der Waals surface area contributed by atoms with Crippen LogP contribution in [0.5, 0.6) is 0 Å². The Kier molecular flexibility index (Phi) is 4.78. The van der Waals surface area contributed by atoms with E-state index in [-0.39, 0.29) is 5.69 Å². The molecule has 1 aromatic carbocycles. The van der Waals surface area contributed by atoms with Crippen molar-refractivity contribution in [1.82, 2.24) is 4.98 Å². The van der Waals surface area contributed by atoms with Gasteiger partial charge in [0, 0.05) is 23.6 Å². The van der Waals surface area contributed by atoms with Crippen molar-refractivity contribution in [1.29, 1.82) is 5.26 Å². The molecule has 22 heavy (non-hydrogen) atoms. The summed E-state index contributed by atoms with van der Waals surface area (Å²) in [6.45, 7) is 5.82. The summed E-state index contributed by atoms with van der Waals surface area (Å²) in [6, 6.07) is 8.65. The van der Waals surface area contributed by atoms with Gasteiger partial charge in [0.1, 0.15) is 11.1 Å². The van der Waals surface area contributed by atoms with Crippen LogP contribution in [0, 0.1) is 42.2 Å². The van der Waals surface area contributed by atoms with E-state index in [9.17, 15) is 15.4 Å². The van der Waals surface area contributed by atoms with Gasteiger partial charge in [0.15, 0.2) is 0 Å². The van der Waals surface area contributed by atoms with Gasteiger partial charge in [0.25, 0.3) is 5.69 Å². The Labute approximate surface area is 133 Å². The Morgan fingerprint density at radius 2 is 1.86 bits per heavy atom. The van der Waals surface area contributed by atoms with E-state index >= 15 is 0 Å². The summed E-state index contributed by atoms with van der Waals surface area (Å²) in [7, 11) is 0. The molecule has 0 N–H and O–H groups in total. The molecule has 5 nitrogen and oxygen atoms in total. The maximum Gasteiger partial charge on any atom is 0.269 e. The van der Waals surface area contributed by atoms with E-state index in [4.69, 9.17) is 0 Å². The van der Waals surface area contributed by atoms with Crippen LogP contribution >= 0.6 is 11.8 Å². The van der Waals surface area contributed by atoms with Crippen molar-refractivity contribution in [2.75, 3.05) is 0 Å². The summed E-state index contributed by atoms with van der Waals surface area (Å²) in [5.41, 5.74) is 4.55. The predicted molar refractivity (Wildman–Crippen MR) is 85.8 cm³/mol. The number of hydrogen-bond acceptors (Lipinski definition) is 5. The van der Waals surface area contributed by atoms with Gasteiger partial charge in [0.2, 0.25) is 0 Å². The molecule has 0 aliphatic rings. The van der Waals surface area contributed by atoms with Crippen molar-refractivity contribution in [3.63, 3.8) is 0 Å². The van der Waals surface area contributed by atoms with Gasteiger partial charge in [-0.15, -0.1) is 11.8 Å². The average Bonchev–Trinajstić information content (AvgIpc) is 2.51. The van der Waals surface area contributed by atoms with E-state index < -0.39 is 4.92 Å². The van der Waals surface area contributed by atoms with Crippen molar-refractivity contribution in [2.45, 2.75) is 31.6 Å². The number of hydrogen-bond donors (Lipinski definition) is 0. The topological polar surface area (TPSA) is 79.8 Å². The molecule has 0 saturated carbocycles.